The molecule has 0 spiro atoms. The van der Waals surface area contributed by atoms with Gasteiger partial charge in [0.05, 0.1) is 6.54 Å². The first kappa shape index (κ1) is 18.5. The van der Waals surface area contributed by atoms with Gasteiger partial charge >= 0.3 is 0 Å². The van der Waals surface area contributed by atoms with Crippen LogP contribution in [0.1, 0.15) is 40.0 Å². The molecule has 1 aliphatic heterocycles. The van der Waals surface area contributed by atoms with Gasteiger partial charge in [0.2, 0.25) is 5.91 Å². The van der Waals surface area contributed by atoms with E-state index < -0.39 is 0 Å². The van der Waals surface area contributed by atoms with Crippen LogP contribution in [0.15, 0.2) is 4.99 Å². The highest BCUT2D eigenvalue weighted by Gasteiger charge is 2.15. The third kappa shape index (κ3) is 7.59. The van der Waals surface area contributed by atoms with E-state index in [1.807, 2.05) is 13.8 Å². The minimum Gasteiger partial charge on any atom is -0.357 e. The number of nitrogens with zero attached hydrogens (tertiary/aromatic N) is 2. The summed E-state index contributed by atoms with van der Waals surface area (Å²) in [5, 5.41) is 6.16. The van der Waals surface area contributed by atoms with Crippen LogP contribution in [0, 0.1) is 0 Å². The molecule has 1 saturated heterocycles. The summed E-state index contributed by atoms with van der Waals surface area (Å²) >= 11 is 0. The number of hydrogen-bond donors (Lipinski definition) is 2. The van der Waals surface area contributed by atoms with Crippen molar-refractivity contribution in [1.82, 2.24) is 15.5 Å². The zero-order chi connectivity index (χ0) is 13.4. The molecule has 0 aromatic carbocycles. The molecular formula is C13H27IN4O. The summed E-state index contributed by atoms with van der Waals surface area (Å²) in [5.74, 6) is 1.03. The first-order valence-corrected chi connectivity index (χ1v) is 6.96. The van der Waals surface area contributed by atoms with E-state index in [1.165, 1.54) is 12.8 Å². The van der Waals surface area contributed by atoms with Crippen molar-refractivity contribution < 1.29 is 4.79 Å². The van der Waals surface area contributed by atoms with Crippen molar-refractivity contribution in [3.05, 3.63) is 0 Å². The molecule has 0 aromatic heterocycles. The smallest absolute Gasteiger partial charge is 0.222 e. The fraction of sp³-hybridized carbons (Fsp3) is 0.846. The number of rotatable bonds is 5. The van der Waals surface area contributed by atoms with Gasteiger partial charge in [-0.2, -0.15) is 0 Å². The van der Waals surface area contributed by atoms with Crippen molar-refractivity contribution in [2.45, 2.75) is 46.1 Å². The standard InChI is InChI=1S/C13H26N4O.HI/c1-4-14-13(17-9-5-6-10-17)15-8-7-12(18)16-11(2)3;/h11H,4-10H2,1-3H3,(H,14,15)(H,16,18);1H. The van der Waals surface area contributed by atoms with Crippen LogP contribution in [-0.4, -0.2) is 49.0 Å². The average molecular weight is 382 g/mol. The zero-order valence-corrected chi connectivity index (χ0v) is 14.6. The average Bonchev–Trinajstić information content (AvgIpc) is 2.80. The Kier molecular flexibility index (Phi) is 9.99. The van der Waals surface area contributed by atoms with Crippen LogP contribution in [0.25, 0.3) is 0 Å². The van der Waals surface area contributed by atoms with E-state index in [0.29, 0.717) is 13.0 Å². The van der Waals surface area contributed by atoms with E-state index in [1.54, 1.807) is 0 Å². The Hall–Kier alpha value is -0.530. The molecule has 0 aromatic rings. The molecule has 5 nitrogen and oxygen atoms in total. The summed E-state index contributed by atoms with van der Waals surface area (Å²) in [7, 11) is 0. The van der Waals surface area contributed by atoms with Gasteiger partial charge in [-0.25, -0.2) is 0 Å². The fourth-order valence-electron chi connectivity index (χ4n) is 2.01. The van der Waals surface area contributed by atoms with Crippen molar-refractivity contribution in [3.8, 4) is 0 Å². The molecule has 1 fully saturated rings. The number of nitrogens with one attached hydrogen (secondary N) is 2. The second-order valence-corrected chi connectivity index (χ2v) is 4.90. The number of aliphatic imine (C=N–C) groups is 1. The lowest BCUT2D eigenvalue weighted by atomic mass is 10.3. The maximum absolute atomic E-state index is 11.5. The number of guanidine groups is 1. The van der Waals surface area contributed by atoms with Gasteiger partial charge in [0, 0.05) is 32.1 Å². The van der Waals surface area contributed by atoms with Gasteiger partial charge in [0.25, 0.3) is 0 Å². The van der Waals surface area contributed by atoms with E-state index in [-0.39, 0.29) is 35.9 Å². The van der Waals surface area contributed by atoms with E-state index in [0.717, 1.165) is 25.6 Å². The van der Waals surface area contributed by atoms with Crippen LogP contribution in [-0.2, 0) is 4.79 Å². The molecular weight excluding hydrogens is 355 g/mol. The first-order valence-electron chi connectivity index (χ1n) is 6.96. The monoisotopic (exact) mass is 382 g/mol. The number of carbonyl (C=O) groups is 1. The Morgan fingerprint density at radius 1 is 1.32 bits per heavy atom. The van der Waals surface area contributed by atoms with Gasteiger partial charge in [-0.15, -0.1) is 24.0 Å². The van der Waals surface area contributed by atoms with Gasteiger partial charge in [-0.1, -0.05) is 0 Å². The molecule has 1 amide bonds. The van der Waals surface area contributed by atoms with E-state index >= 15 is 0 Å². The number of amides is 1. The molecule has 0 saturated carbocycles. The van der Waals surface area contributed by atoms with Gasteiger partial charge in [-0.3, -0.25) is 9.79 Å². The maximum atomic E-state index is 11.5. The Balaban J connectivity index is 0.00000324. The van der Waals surface area contributed by atoms with E-state index in [2.05, 4.69) is 27.4 Å². The molecule has 0 radical (unpaired) electrons. The summed E-state index contributed by atoms with van der Waals surface area (Å²) in [4.78, 5) is 18.3. The van der Waals surface area contributed by atoms with E-state index in [9.17, 15) is 4.79 Å². The van der Waals surface area contributed by atoms with Crippen LogP contribution >= 0.6 is 24.0 Å². The SMILES string of the molecule is CCNC(=NCCC(=O)NC(C)C)N1CCCC1.I. The number of likely N-dealkylation sites (tertiary alicyclic amines) is 1. The fourth-order valence-corrected chi connectivity index (χ4v) is 2.01. The Morgan fingerprint density at radius 2 is 1.95 bits per heavy atom. The number of hydrogen-bond acceptors (Lipinski definition) is 2. The van der Waals surface area contributed by atoms with E-state index in [4.69, 9.17) is 0 Å². The lowest BCUT2D eigenvalue weighted by Crippen LogP contribution is -2.40. The van der Waals surface area contributed by atoms with Crippen molar-refractivity contribution in [1.29, 1.82) is 0 Å². The highest BCUT2D eigenvalue weighted by atomic mass is 127. The van der Waals surface area contributed by atoms with Crippen molar-refractivity contribution in [2.75, 3.05) is 26.2 Å². The molecule has 2 N–H and O–H groups in total. The number of halogens is 1. The predicted octanol–water partition coefficient (Wildman–Crippen LogP) is 1.58. The highest BCUT2D eigenvalue weighted by molar-refractivity contribution is 14.0. The van der Waals surface area contributed by atoms with Crippen molar-refractivity contribution >= 4 is 35.8 Å². The quantitative estimate of drug-likeness (QED) is 0.431. The molecule has 0 unspecified atom stereocenters. The van der Waals surface area contributed by atoms with Crippen LogP contribution < -0.4 is 10.6 Å². The van der Waals surface area contributed by atoms with Gasteiger partial charge in [0.1, 0.15) is 0 Å². The van der Waals surface area contributed by atoms with Gasteiger partial charge in [-0.05, 0) is 33.6 Å². The third-order valence-electron chi connectivity index (χ3n) is 2.79. The molecule has 1 heterocycles. The summed E-state index contributed by atoms with van der Waals surface area (Å²) in [6.07, 6.45) is 2.93. The molecule has 1 rings (SSSR count). The Morgan fingerprint density at radius 3 is 2.47 bits per heavy atom. The topological polar surface area (TPSA) is 56.7 Å². The second-order valence-electron chi connectivity index (χ2n) is 4.90. The molecule has 112 valence electrons. The normalized spacial score (nSPS) is 15.4. The molecule has 1 aliphatic rings. The molecule has 0 atom stereocenters. The van der Waals surface area contributed by atoms with Crippen LogP contribution in [0.5, 0.6) is 0 Å². The first-order chi connectivity index (χ1) is 8.63. The van der Waals surface area contributed by atoms with Crippen LogP contribution in [0.2, 0.25) is 0 Å². The van der Waals surface area contributed by atoms with Crippen molar-refractivity contribution in [3.63, 3.8) is 0 Å². The third-order valence-corrected chi connectivity index (χ3v) is 2.79. The lowest BCUT2D eigenvalue weighted by molar-refractivity contribution is -0.121. The molecule has 0 aliphatic carbocycles. The second kappa shape index (κ2) is 10.3. The highest BCUT2D eigenvalue weighted by Crippen LogP contribution is 2.07. The zero-order valence-electron chi connectivity index (χ0n) is 12.2. The predicted molar refractivity (Wildman–Crippen MR) is 90.1 cm³/mol. The summed E-state index contributed by atoms with van der Waals surface area (Å²) in [6, 6.07) is 0.202. The summed E-state index contributed by atoms with van der Waals surface area (Å²) < 4.78 is 0. The Labute approximate surface area is 133 Å². The van der Waals surface area contributed by atoms with Crippen molar-refractivity contribution in [2.24, 2.45) is 4.99 Å². The number of carbonyl (C=O) groups excluding carboxylic acids is 1. The minimum atomic E-state index is 0. The van der Waals surface area contributed by atoms with Gasteiger partial charge in [0.15, 0.2) is 5.96 Å². The Bertz CT molecular complexity index is 288. The molecule has 0 bridgehead atoms. The van der Waals surface area contributed by atoms with Crippen LogP contribution in [0.4, 0.5) is 0 Å². The van der Waals surface area contributed by atoms with Gasteiger partial charge < -0.3 is 15.5 Å². The lowest BCUT2D eigenvalue weighted by Gasteiger charge is -2.20. The maximum Gasteiger partial charge on any atom is 0.222 e. The summed E-state index contributed by atoms with van der Waals surface area (Å²) in [6.45, 7) is 9.57. The molecule has 19 heavy (non-hydrogen) atoms. The molecule has 6 heteroatoms. The van der Waals surface area contributed by atoms with Crippen LogP contribution in [0.3, 0.4) is 0 Å². The largest absolute Gasteiger partial charge is 0.357 e. The minimum absolute atomic E-state index is 0. The summed E-state index contributed by atoms with van der Waals surface area (Å²) in [5.41, 5.74) is 0.